The van der Waals surface area contributed by atoms with Gasteiger partial charge in [-0.05, 0) is 39.1 Å². The van der Waals surface area contributed by atoms with E-state index in [9.17, 15) is 13.2 Å². The van der Waals surface area contributed by atoms with Crippen molar-refractivity contribution < 1.29 is 13.2 Å². The smallest absolute Gasteiger partial charge is 0.256 e. The lowest BCUT2D eigenvalue weighted by molar-refractivity contribution is -0.110. The second-order valence-corrected chi connectivity index (χ2v) is 8.18. The van der Waals surface area contributed by atoms with Gasteiger partial charge < -0.3 is 10.2 Å². The van der Waals surface area contributed by atoms with E-state index in [4.69, 9.17) is 0 Å². The van der Waals surface area contributed by atoms with E-state index in [-0.39, 0.29) is 10.8 Å². The van der Waals surface area contributed by atoms with Crippen molar-refractivity contribution in [3.8, 4) is 0 Å². The van der Waals surface area contributed by atoms with E-state index in [0.717, 1.165) is 18.7 Å². The molecule has 0 bridgehead atoms. The number of nitrogens with zero attached hydrogens (tertiary/aromatic N) is 2. The highest BCUT2D eigenvalue weighted by molar-refractivity contribution is 7.89. The molecule has 1 N–H and O–H groups in total. The Balaban J connectivity index is 2.00. The van der Waals surface area contributed by atoms with Gasteiger partial charge in [-0.25, -0.2) is 8.42 Å². The molecular formula is C16H21N3O3S. The third kappa shape index (κ3) is 2.80. The molecule has 2 heterocycles. The molecule has 1 amide bonds. The average molecular weight is 335 g/mol. The molecule has 1 aromatic rings. The van der Waals surface area contributed by atoms with Gasteiger partial charge in [0, 0.05) is 43.0 Å². The topological polar surface area (TPSA) is 69.7 Å². The van der Waals surface area contributed by atoms with E-state index in [1.165, 1.54) is 4.31 Å². The maximum Gasteiger partial charge on any atom is 0.256 e. The molecule has 0 aromatic heterocycles. The van der Waals surface area contributed by atoms with Crippen LogP contribution in [-0.4, -0.2) is 56.8 Å². The number of allylic oxidation sites excluding steroid dienone is 1. The number of fused-ring (bicyclic) bond motifs is 1. The van der Waals surface area contributed by atoms with Crippen LogP contribution in [0, 0.1) is 0 Å². The van der Waals surface area contributed by atoms with Crippen LogP contribution in [0.25, 0.3) is 5.57 Å². The largest absolute Gasteiger partial charge is 0.321 e. The molecule has 0 saturated carbocycles. The summed E-state index contributed by atoms with van der Waals surface area (Å²) >= 11 is 0. The molecule has 1 aromatic carbocycles. The number of carbonyl (C=O) groups is 1. The van der Waals surface area contributed by atoms with Crippen LogP contribution in [0.2, 0.25) is 0 Å². The van der Waals surface area contributed by atoms with Crippen molar-refractivity contribution in [2.24, 2.45) is 0 Å². The number of rotatable bonds is 2. The zero-order chi connectivity index (χ0) is 16.8. The van der Waals surface area contributed by atoms with Gasteiger partial charge in [0.2, 0.25) is 10.0 Å². The van der Waals surface area contributed by atoms with Crippen LogP contribution in [-0.2, 0) is 14.8 Å². The maximum atomic E-state index is 12.8. The normalized spacial score (nSPS) is 19.6. The Labute approximate surface area is 136 Å². The van der Waals surface area contributed by atoms with E-state index < -0.39 is 10.0 Å². The van der Waals surface area contributed by atoms with Gasteiger partial charge >= 0.3 is 0 Å². The Kier molecular flexibility index (Phi) is 4.03. The molecule has 2 aliphatic rings. The summed E-state index contributed by atoms with van der Waals surface area (Å²) < 4.78 is 27.2. The predicted molar refractivity (Wildman–Crippen MR) is 89.6 cm³/mol. The first-order chi connectivity index (χ1) is 10.8. The van der Waals surface area contributed by atoms with Crippen molar-refractivity contribution in [2.45, 2.75) is 18.7 Å². The highest BCUT2D eigenvalue weighted by atomic mass is 32.2. The molecule has 124 valence electrons. The Morgan fingerprint density at radius 1 is 1.13 bits per heavy atom. The van der Waals surface area contributed by atoms with Crippen molar-refractivity contribution in [2.75, 3.05) is 38.5 Å². The average Bonchev–Trinajstić information content (AvgIpc) is 2.82. The monoisotopic (exact) mass is 335 g/mol. The van der Waals surface area contributed by atoms with Gasteiger partial charge in [0.15, 0.2) is 0 Å². The molecule has 0 radical (unpaired) electrons. The van der Waals surface area contributed by atoms with Gasteiger partial charge in [-0.2, -0.15) is 4.31 Å². The van der Waals surface area contributed by atoms with Crippen LogP contribution in [0.1, 0.15) is 19.4 Å². The first-order valence-corrected chi connectivity index (χ1v) is 9.06. The first-order valence-electron chi connectivity index (χ1n) is 7.62. The van der Waals surface area contributed by atoms with Crippen LogP contribution < -0.4 is 5.32 Å². The molecule has 1 fully saturated rings. The Hall–Kier alpha value is -1.70. The highest BCUT2D eigenvalue weighted by Gasteiger charge is 2.31. The van der Waals surface area contributed by atoms with E-state index in [0.29, 0.717) is 29.9 Å². The number of hydrogen-bond donors (Lipinski definition) is 1. The van der Waals surface area contributed by atoms with Crippen molar-refractivity contribution in [1.29, 1.82) is 0 Å². The molecular weight excluding hydrogens is 314 g/mol. The van der Waals surface area contributed by atoms with Gasteiger partial charge in [-0.15, -0.1) is 0 Å². The number of carbonyl (C=O) groups excluding carboxylic acids is 1. The number of piperazine rings is 1. The Morgan fingerprint density at radius 2 is 1.78 bits per heavy atom. The maximum absolute atomic E-state index is 12.8. The first kappa shape index (κ1) is 16.2. The standard InChI is InChI=1S/C16H21N3O3S/c1-11(2)15-13-10-12(4-5-14(13)17-16(15)20)23(21,22)19-8-6-18(3)7-9-19/h4-5,10H,6-9H2,1-3H3,(H,17,20). The van der Waals surface area contributed by atoms with Crippen molar-refractivity contribution in [3.63, 3.8) is 0 Å². The number of benzene rings is 1. The minimum absolute atomic E-state index is 0.172. The number of hydrogen-bond acceptors (Lipinski definition) is 4. The summed E-state index contributed by atoms with van der Waals surface area (Å²) in [6.45, 7) is 6.13. The number of sulfonamides is 1. The fourth-order valence-electron chi connectivity index (χ4n) is 2.98. The van der Waals surface area contributed by atoms with Crippen LogP contribution in [0.4, 0.5) is 5.69 Å². The summed E-state index contributed by atoms with van der Waals surface area (Å²) in [5.74, 6) is -0.172. The molecule has 0 aliphatic carbocycles. The van der Waals surface area contributed by atoms with Gasteiger partial charge in [0.25, 0.3) is 5.91 Å². The zero-order valence-electron chi connectivity index (χ0n) is 13.6. The number of likely N-dealkylation sites (N-methyl/N-ethyl adjacent to an activating group) is 1. The minimum atomic E-state index is -3.53. The van der Waals surface area contributed by atoms with E-state index in [1.54, 1.807) is 18.2 Å². The lowest BCUT2D eigenvalue weighted by Gasteiger charge is -2.31. The van der Waals surface area contributed by atoms with E-state index >= 15 is 0 Å². The zero-order valence-corrected chi connectivity index (χ0v) is 14.4. The van der Waals surface area contributed by atoms with Crippen molar-refractivity contribution in [3.05, 3.63) is 29.3 Å². The molecule has 7 heteroatoms. The molecule has 0 spiro atoms. The fraction of sp³-hybridized carbons (Fsp3) is 0.438. The third-order valence-electron chi connectivity index (χ3n) is 4.34. The highest BCUT2D eigenvalue weighted by Crippen LogP contribution is 2.35. The summed E-state index contributed by atoms with van der Waals surface area (Å²) in [6, 6.07) is 4.86. The van der Waals surface area contributed by atoms with Crippen molar-refractivity contribution in [1.82, 2.24) is 9.21 Å². The van der Waals surface area contributed by atoms with Crippen LogP contribution in [0.15, 0.2) is 28.7 Å². The van der Waals surface area contributed by atoms with Gasteiger partial charge in [0.05, 0.1) is 4.90 Å². The molecule has 23 heavy (non-hydrogen) atoms. The van der Waals surface area contributed by atoms with Gasteiger partial charge in [-0.1, -0.05) is 5.57 Å². The molecule has 3 rings (SSSR count). The van der Waals surface area contributed by atoms with E-state index in [2.05, 4.69) is 10.2 Å². The lowest BCUT2D eigenvalue weighted by Crippen LogP contribution is -2.47. The van der Waals surface area contributed by atoms with Crippen LogP contribution in [0.5, 0.6) is 0 Å². The van der Waals surface area contributed by atoms with Crippen molar-refractivity contribution >= 4 is 27.2 Å². The molecule has 0 atom stereocenters. The fourth-order valence-corrected chi connectivity index (χ4v) is 4.43. The van der Waals surface area contributed by atoms with Crippen LogP contribution >= 0.6 is 0 Å². The van der Waals surface area contributed by atoms with Gasteiger partial charge in [0.1, 0.15) is 0 Å². The number of nitrogens with one attached hydrogen (secondary N) is 1. The SMILES string of the molecule is CC(C)=C1C(=O)Nc2ccc(S(=O)(=O)N3CCN(C)CC3)cc21. The third-order valence-corrected chi connectivity index (χ3v) is 6.23. The lowest BCUT2D eigenvalue weighted by atomic mass is 10.0. The second-order valence-electron chi connectivity index (χ2n) is 6.24. The number of anilines is 1. The van der Waals surface area contributed by atoms with E-state index in [1.807, 2.05) is 20.9 Å². The van der Waals surface area contributed by atoms with Crippen LogP contribution in [0.3, 0.4) is 0 Å². The Morgan fingerprint density at radius 3 is 2.39 bits per heavy atom. The summed E-state index contributed by atoms with van der Waals surface area (Å²) in [5, 5.41) is 2.78. The Bertz CT molecular complexity index is 787. The molecule has 6 nitrogen and oxygen atoms in total. The second kappa shape index (κ2) is 5.74. The summed E-state index contributed by atoms with van der Waals surface area (Å²) in [6.07, 6.45) is 0. The summed E-state index contributed by atoms with van der Waals surface area (Å²) in [4.78, 5) is 14.4. The summed E-state index contributed by atoms with van der Waals surface area (Å²) in [5.41, 5.74) is 2.78. The molecule has 0 unspecified atom stereocenters. The minimum Gasteiger partial charge on any atom is -0.321 e. The predicted octanol–water partition coefficient (Wildman–Crippen LogP) is 1.37. The summed E-state index contributed by atoms with van der Waals surface area (Å²) in [7, 11) is -1.54. The van der Waals surface area contributed by atoms with Gasteiger partial charge in [-0.3, -0.25) is 4.79 Å². The molecule has 1 saturated heterocycles. The number of amides is 1. The quantitative estimate of drug-likeness (QED) is 0.829. The molecule has 2 aliphatic heterocycles.